The molecule has 0 aliphatic carbocycles. The Morgan fingerprint density at radius 1 is 1.64 bits per heavy atom. The van der Waals surface area contributed by atoms with Crippen molar-refractivity contribution in [3.8, 4) is 0 Å². The van der Waals surface area contributed by atoms with Gasteiger partial charge in [0.1, 0.15) is 0 Å². The fraction of sp³-hybridized carbons (Fsp3) is 0.889. The van der Waals surface area contributed by atoms with E-state index in [1.54, 1.807) is 0 Å². The molecule has 1 aliphatic heterocycles. The highest BCUT2D eigenvalue weighted by Crippen LogP contribution is 2.17. The minimum Gasteiger partial charge on any atom is -0.465 e. The number of hydrogen-bond donors (Lipinski definition) is 1. The maximum atomic E-state index is 11.3. The molecule has 0 aromatic carbocycles. The van der Waals surface area contributed by atoms with Crippen LogP contribution in [-0.4, -0.2) is 44.9 Å². The maximum absolute atomic E-state index is 11.3. The minimum absolute atomic E-state index is 0.292. The minimum atomic E-state index is -0.850. The first kappa shape index (κ1) is 11.5. The molecule has 2 unspecified atom stereocenters. The van der Waals surface area contributed by atoms with Gasteiger partial charge in [-0.05, 0) is 18.8 Å². The van der Waals surface area contributed by atoms with Crippen LogP contribution >= 0.6 is 0 Å². The molecule has 0 radical (unpaired) electrons. The van der Waals surface area contributed by atoms with Crippen LogP contribution in [0.3, 0.4) is 0 Å². The smallest absolute Gasteiger partial charge is 0.407 e. The van der Waals surface area contributed by atoms with E-state index in [0.717, 1.165) is 12.8 Å². The summed E-state index contributed by atoms with van der Waals surface area (Å²) >= 11 is 0. The van der Waals surface area contributed by atoms with Gasteiger partial charge in [-0.2, -0.15) is 0 Å². The lowest BCUT2D eigenvalue weighted by Gasteiger charge is -2.30. The van der Waals surface area contributed by atoms with Gasteiger partial charge in [0.05, 0.1) is 0 Å². The van der Waals surface area contributed by atoms with E-state index in [-0.39, 0.29) is 0 Å². The summed E-state index contributed by atoms with van der Waals surface area (Å²) in [6.45, 7) is 3.08. The summed E-state index contributed by atoms with van der Waals surface area (Å²) in [6.07, 6.45) is 1.06. The van der Waals surface area contributed by atoms with Crippen LogP contribution in [0.5, 0.6) is 0 Å². The number of nitrogens with zero attached hydrogens (tertiary/aromatic N) is 1. The fourth-order valence-electron chi connectivity index (χ4n) is 1.76. The van der Waals surface area contributed by atoms with Crippen LogP contribution in [-0.2, 0) is 10.8 Å². The van der Waals surface area contributed by atoms with Gasteiger partial charge >= 0.3 is 6.09 Å². The van der Waals surface area contributed by atoms with Gasteiger partial charge in [-0.25, -0.2) is 4.79 Å². The molecule has 1 fully saturated rings. The van der Waals surface area contributed by atoms with E-state index in [4.69, 9.17) is 5.11 Å². The summed E-state index contributed by atoms with van der Waals surface area (Å²) in [6, 6.07) is 0. The Balaban J connectivity index is 2.40. The van der Waals surface area contributed by atoms with Gasteiger partial charge in [0, 0.05) is 35.4 Å². The van der Waals surface area contributed by atoms with Gasteiger partial charge in [0.25, 0.3) is 0 Å². The van der Waals surface area contributed by atoms with Crippen molar-refractivity contribution in [2.45, 2.75) is 19.8 Å². The maximum Gasteiger partial charge on any atom is 0.407 e. The standard InChI is InChI=1S/C9H17NO3S/c1-2-14(13)7-8-4-3-5-10(6-8)9(11)12/h8H,2-7H2,1H3,(H,11,12). The molecule has 1 aliphatic rings. The second-order valence-corrected chi connectivity index (χ2v) is 5.42. The van der Waals surface area contributed by atoms with Gasteiger partial charge < -0.3 is 10.0 Å². The van der Waals surface area contributed by atoms with Crippen molar-refractivity contribution >= 4 is 16.9 Å². The first-order valence-corrected chi connectivity index (χ1v) is 6.45. The summed E-state index contributed by atoms with van der Waals surface area (Å²) in [7, 11) is -0.772. The second-order valence-electron chi connectivity index (χ2n) is 3.63. The van der Waals surface area contributed by atoms with E-state index in [0.29, 0.717) is 30.5 Å². The van der Waals surface area contributed by atoms with E-state index in [2.05, 4.69) is 0 Å². The molecule has 0 spiro atoms. The van der Waals surface area contributed by atoms with Crippen molar-refractivity contribution < 1.29 is 14.1 Å². The second kappa shape index (κ2) is 5.34. The average molecular weight is 219 g/mol. The molecule has 2 atom stereocenters. The van der Waals surface area contributed by atoms with Gasteiger partial charge in [-0.3, -0.25) is 4.21 Å². The third-order valence-electron chi connectivity index (χ3n) is 2.53. The number of rotatable bonds is 3. The molecule has 1 rings (SSSR count). The van der Waals surface area contributed by atoms with E-state index in [1.807, 2.05) is 6.92 Å². The topological polar surface area (TPSA) is 57.6 Å². The molecule has 0 bridgehead atoms. The highest BCUT2D eigenvalue weighted by Gasteiger charge is 2.23. The molecule has 4 nitrogen and oxygen atoms in total. The van der Waals surface area contributed by atoms with Crippen molar-refractivity contribution in [3.05, 3.63) is 0 Å². The molecule has 0 aromatic heterocycles. The quantitative estimate of drug-likeness (QED) is 0.774. The van der Waals surface area contributed by atoms with Gasteiger partial charge in [-0.1, -0.05) is 6.92 Å². The predicted molar refractivity (Wildman–Crippen MR) is 55.9 cm³/mol. The zero-order valence-electron chi connectivity index (χ0n) is 8.44. The zero-order valence-corrected chi connectivity index (χ0v) is 9.26. The summed E-state index contributed by atoms with van der Waals surface area (Å²) in [5, 5.41) is 8.80. The summed E-state index contributed by atoms with van der Waals surface area (Å²) in [4.78, 5) is 12.1. The molecule has 0 saturated carbocycles. The van der Waals surface area contributed by atoms with E-state index >= 15 is 0 Å². The normalized spacial score (nSPS) is 24.6. The SMILES string of the molecule is CCS(=O)CC1CCCN(C(=O)O)C1. The molecule has 82 valence electrons. The van der Waals surface area contributed by atoms with Gasteiger partial charge in [0.15, 0.2) is 0 Å². The highest BCUT2D eigenvalue weighted by molar-refractivity contribution is 7.84. The number of piperidine rings is 1. The van der Waals surface area contributed by atoms with Gasteiger partial charge in [-0.15, -0.1) is 0 Å². The van der Waals surface area contributed by atoms with Crippen molar-refractivity contribution in [1.29, 1.82) is 0 Å². The largest absolute Gasteiger partial charge is 0.465 e. The monoisotopic (exact) mass is 219 g/mol. The van der Waals surface area contributed by atoms with Crippen LogP contribution < -0.4 is 0 Å². The Bertz CT molecular complexity index is 232. The predicted octanol–water partition coefficient (Wildman–Crippen LogP) is 1.15. The number of carboxylic acid groups (broad SMARTS) is 1. The Hall–Kier alpha value is -0.580. The molecule has 14 heavy (non-hydrogen) atoms. The number of carbonyl (C=O) groups is 1. The van der Waals surface area contributed by atoms with Crippen LogP contribution in [0.2, 0.25) is 0 Å². The number of amides is 1. The summed E-state index contributed by atoms with van der Waals surface area (Å²) in [5.41, 5.74) is 0. The van der Waals surface area contributed by atoms with Crippen molar-refractivity contribution in [2.75, 3.05) is 24.6 Å². The van der Waals surface area contributed by atoms with Crippen LogP contribution in [0, 0.1) is 5.92 Å². The lowest BCUT2D eigenvalue weighted by Crippen LogP contribution is -2.40. The first-order chi connectivity index (χ1) is 6.63. The van der Waals surface area contributed by atoms with Crippen molar-refractivity contribution in [1.82, 2.24) is 4.90 Å². The molecular formula is C9H17NO3S. The number of likely N-dealkylation sites (tertiary alicyclic amines) is 1. The Morgan fingerprint density at radius 2 is 2.36 bits per heavy atom. The van der Waals surface area contributed by atoms with E-state index in [1.165, 1.54) is 4.90 Å². The summed E-state index contributed by atoms with van der Waals surface area (Å²) < 4.78 is 11.3. The third-order valence-corrected chi connectivity index (χ3v) is 4.02. The lowest BCUT2D eigenvalue weighted by atomic mass is 10.0. The van der Waals surface area contributed by atoms with Crippen LogP contribution in [0.1, 0.15) is 19.8 Å². The Labute approximate surface area is 86.7 Å². The molecule has 1 saturated heterocycles. The van der Waals surface area contributed by atoms with Gasteiger partial charge in [0.2, 0.25) is 0 Å². The molecule has 0 aromatic rings. The highest BCUT2D eigenvalue weighted by atomic mass is 32.2. The molecule has 1 N–H and O–H groups in total. The Morgan fingerprint density at radius 3 is 2.93 bits per heavy atom. The van der Waals surface area contributed by atoms with Crippen LogP contribution in [0.25, 0.3) is 0 Å². The first-order valence-electron chi connectivity index (χ1n) is 4.96. The third kappa shape index (κ3) is 3.29. The fourth-order valence-corrected chi connectivity index (χ4v) is 2.79. The van der Waals surface area contributed by atoms with Crippen molar-refractivity contribution in [2.24, 2.45) is 5.92 Å². The van der Waals surface area contributed by atoms with E-state index < -0.39 is 16.9 Å². The Kier molecular flexibility index (Phi) is 4.38. The summed E-state index contributed by atoms with van der Waals surface area (Å²) in [5.74, 6) is 1.62. The molecule has 5 heteroatoms. The molecular weight excluding hydrogens is 202 g/mol. The zero-order chi connectivity index (χ0) is 10.6. The van der Waals surface area contributed by atoms with Crippen molar-refractivity contribution in [3.63, 3.8) is 0 Å². The van der Waals surface area contributed by atoms with Crippen LogP contribution in [0.4, 0.5) is 4.79 Å². The van der Waals surface area contributed by atoms with E-state index in [9.17, 15) is 9.00 Å². The molecule has 1 amide bonds. The lowest BCUT2D eigenvalue weighted by molar-refractivity contribution is 0.124. The van der Waals surface area contributed by atoms with Crippen LogP contribution in [0.15, 0.2) is 0 Å². The molecule has 1 heterocycles. The average Bonchev–Trinajstić information content (AvgIpc) is 2.18. The number of hydrogen-bond acceptors (Lipinski definition) is 2.